The second-order valence-corrected chi connectivity index (χ2v) is 5.64. The molecular formula is C15H23FN2. The lowest BCUT2D eigenvalue weighted by Crippen LogP contribution is -2.39. The molecule has 0 bridgehead atoms. The quantitative estimate of drug-likeness (QED) is 0.894. The molecule has 1 fully saturated rings. The van der Waals surface area contributed by atoms with Gasteiger partial charge in [-0.05, 0) is 42.9 Å². The number of para-hydroxylation sites is 1. The number of piperidine rings is 1. The van der Waals surface area contributed by atoms with Gasteiger partial charge >= 0.3 is 0 Å². The Morgan fingerprint density at radius 3 is 2.56 bits per heavy atom. The molecule has 1 heterocycles. The van der Waals surface area contributed by atoms with Crippen molar-refractivity contribution in [1.82, 2.24) is 0 Å². The monoisotopic (exact) mass is 250 g/mol. The van der Waals surface area contributed by atoms with E-state index >= 15 is 0 Å². The molecule has 0 amide bonds. The fourth-order valence-corrected chi connectivity index (χ4v) is 3.12. The maximum Gasteiger partial charge on any atom is 0.146 e. The molecule has 2 rings (SSSR count). The average Bonchev–Trinajstić information content (AvgIpc) is 2.28. The van der Waals surface area contributed by atoms with Crippen LogP contribution in [0.5, 0.6) is 0 Å². The van der Waals surface area contributed by atoms with Crippen LogP contribution in [0.1, 0.15) is 25.8 Å². The van der Waals surface area contributed by atoms with Gasteiger partial charge in [0.05, 0.1) is 5.69 Å². The highest BCUT2D eigenvalue weighted by molar-refractivity contribution is 5.55. The van der Waals surface area contributed by atoms with Gasteiger partial charge in [-0.15, -0.1) is 0 Å². The smallest absolute Gasteiger partial charge is 0.146 e. The third-order valence-electron chi connectivity index (χ3n) is 3.67. The van der Waals surface area contributed by atoms with Crippen LogP contribution in [-0.4, -0.2) is 19.6 Å². The lowest BCUT2D eigenvalue weighted by Gasteiger charge is -2.37. The van der Waals surface area contributed by atoms with Gasteiger partial charge < -0.3 is 10.6 Å². The van der Waals surface area contributed by atoms with E-state index in [1.54, 1.807) is 12.1 Å². The Kier molecular flexibility index (Phi) is 4.23. The topological polar surface area (TPSA) is 29.3 Å². The van der Waals surface area contributed by atoms with E-state index < -0.39 is 0 Å². The minimum Gasteiger partial charge on any atom is -0.368 e. The van der Waals surface area contributed by atoms with Gasteiger partial charge in [-0.25, -0.2) is 4.39 Å². The molecule has 1 aliphatic heterocycles. The number of nitrogens with zero attached hydrogens (tertiary/aromatic N) is 1. The van der Waals surface area contributed by atoms with E-state index in [1.807, 2.05) is 6.07 Å². The van der Waals surface area contributed by atoms with Crippen LogP contribution in [0.4, 0.5) is 10.1 Å². The van der Waals surface area contributed by atoms with Crippen molar-refractivity contribution in [1.29, 1.82) is 0 Å². The maximum absolute atomic E-state index is 14.1. The van der Waals surface area contributed by atoms with E-state index in [4.69, 9.17) is 5.73 Å². The van der Waals surface area contributed by atoms with E-state index in [1.165, 1.54) is 6.42 Å². The van der Waals surface area contributed by atoms with Gasteiger partial charge in [0.25, 0.3) is 0 Å². The first-order valence-electron chi connectivity index (χ1n) is 6.84. The summed E-state index contributed by atoms with van der Waals surface area (Å²) in [6.45, 7) is 6.94. The van der Waals surface area contributed by atoms with Gasteiger partial charge in [0.15, 0.2) is 0 Å². The second-order valence-electron chi connectivity index (χ2n) is 5.64. The van der Waals surface area contributed by atoms with Crippen molar-refractivity contribution in [3.8, 4) is 0 Å². The summed E-state index contributed by atoms with van der Waals surface area (Å²) in [6, 6.07) is 5.33. The van der Waals surface area contributed by atoms with Crippen molar-refractivity contribution in [2.24, 2.45) is 17.6 Å². The predicted molar refractivity (Wildman–Crippen MR) is 74.3 cm³/mol. The molecule has 1 aliphatic rings. The van der Waals surface area contributed by atoms with Crippen molar-refractivity contribution in [3.63, 3.8) is 0 Å². The Morgan fingerprint density at radius 2 is 1.94 bits per heavy atom. The Bertz CT molecular complexity index is 395. The van der Waals surface area contributed by atoms with Crippen molar-refractivity contribution >= 4 is 5.69 Å². The molecule has 2 unspecified atom stereocenters. The van der Waals surface area contributed by atoms with Crippen molar-refractivity contribution in [3.05, 3.63) is 29.6 Å². The number of benzene rings is 1. The largest absolute Gasteiger partial charge is 0.368 e. The molecule has 2 atom stereocenters. The van der Waals surface area contributed by atoms with Crippen LogP contribution >= 0.6 is 0 Å². The summed E-state index contributed by atoms with van der Waals surface area (Å²) in [5.74, 6) is 1.14. The minimum absolute atomic E-state index is 0.109. The average molecular weight is 250 g/mol. The minimum atomic E-state index is -0.109. The number of halogens is 1. The molecule has 1 saturated heterocycles. The Hall–Kier alpha value is -1.09. The third-order valence-corrected chi connectivity index (χ3v) is 3.67. The SMILES string of the molecule is CC1CC(C)CN(c2c(F)cccc2CCN)C1. The number of anilines is 1. The fourth-order valence-electron chi connectivity index (χ4n) is 3.12. The molecule has 18 heavy (non-hydrogen) atoms. The van der Waals surface area contributed by atoms with E-state index in [2.05, 4.69) is 18.7 Å². The van der Waals surface area contributed by atoms with Gasteiger partial charge in [0.2, 0.25) is 0 Å². The highest BCUT2D eigenvalue weighted by atomic mass is 19.1. The summed E-state index contributed by atoms with van der Waals surface area (Å²) in [4.78, 5) is 2.21. The van der Waals surface area contributed by atoms with E-state index in [-0.39, 0.29) is 5.82 Å². The third kappa shape index (κ3) is 2.83. The summed E-state index contributed by atoms with van der Waals surface area (Å²) in [6.07, 6.45) is 1.98. The van der Waals surface area contributed by atoms with Crippen LogP contribution < -0.4 is 10.6 Å². The Morgan fingerprint density at radius 1 is 1.28 bits per heavy atom. The summed E-state index contributed by atoms with van der Waals surface area (Å²) in [7, 11) is 0. The predicted octanol–water partition coefficient (Wildman–Crippen LogP) is 2.81. The number of hydrogen-bond acceptors (Lipinski definition) is 2. The van der Waals surface area contributed by atoms with Gasteiger partial charge in [-0.3, -0.25) is 0 Å². The van der Waals surface area contributed by atoms with Gasteiger partial charge in [0, 0.05) is 13.1 Å². The summed E-state index contributed by atoms with van der Waals surface area (Å²) < 4.78 is 14.1. The number of rotatable bonds is 3. The van der Waals surface area contributed by atoms with Crippen molar-refractivity contribution < 1.29 is 4.39 Å². The van der Waals surface area contributed by atoms with Crippen molar-refractivity contribution in [2.45, 2.75) is 26.7 Å². The summed E-state index contributed by atoms with van der Waals surface area (Å²) in [5.41, 5.74) is 7.44. The Labute approximate surface area is 109 Å². The highest BCUT2D eigenvalue weighted by Gasteiger charge is 2.25. The molecule has 0 radical (unpaired) electrons. The number of hydrogen-bond donors (Lipinski definition) is 1. The molecule has 0 spiro atoms. The Balaban J connectivity index is 2.30. The van der Waals surface area contributed by atoms with E-state index in [0.717, 1.165) is 30.8 Å². The first-order valence-corrected chi connectivity index (χ1v) is 6.84. The molecule has 100 valence electrons. The second kappa shape index (κ2) is 5.70. The summed E-state index contributed by atoms with van der Waals surface area (Å²) in [5, 5.41) is 0. The molecule has 3 heteroatoms. The zero-order valence-corrected chi connectivity index (χ0v) is 11.3. The van der Waals surface area contributed by atoms with E-state index in [0.29, 0.717) is 18.4 Å². The molecule has 1 aromatic carbocycles. The van der Waals surface area contributed by atoms with Crippen LogP contribution in [0.25, 0.3) is 0 Å². The van der Waals surface area contributed by atoms with E-state index in [9.17, 15) is 4.39 Å². The maximum atomic E-state index is 14.1. The molecule has 0 aromatic heterocycles. The number of nitrogens with two attached hydrogens (primary N) is 1. The lowest BCUT2D eigenvalue weighted by molar-refractivity contribution is 0.354. The van der Waals surface area contributed by atoms with Crippen LogP contribution in [-0.2, 0) is 6.42 Å². The van der Waals surface area contributed by atoms with Gasteiger partial charge in [0.1, 0.15) is 5.82 Å². The zero-order valence-electron chi connectivity index (χ0n) is 11.3. The zero-order chi connectivity index (χ0) is 13.1. The van der Waals surface area contributed by atoms with Crippen LogP contribution in [0.15, 0.2) is 18.2 Å². The molecule has 0 saturated carbocycles. The standard InChI is InChI=1S/C15H23FN2/c1-11-8-12(2)10-18(9-11)15-13(6-7-17)4-3-5-14(15)16/h3-5,11-12H,6-10,17H2,1-2H3. The molecule has 2 nitrogen and oxygen atoms in total. The fraction of sp³-hybridized carbons (Fsp3) is 0.600. The first kappa shape index (κ1) is 13.3. The van der Waals surface area contributed by atoms with Crippen LogP contribution in [0.3, 0.4) is 0 Å². The first-order chi connectivity index (χ1) is 8.61. The van der Waals surface area contributed by atoms with Crippen LogP contribution in [0.2, 0.25) is 0 Å². The normalized spacial score (nSPS) is 24.3. The van der Waals surface area contributed by atoms with Gasteiger partial charge in [-0.2, -0.15) is 0 Å². The molecule has 0 aliphatic carbocycles. The summed E-state index contributed by atoms with van der Waals surface area (Å²) >= 11 is 0. The van der Waals surface area contributed by atoms with Crippen molar-refractivity contribution in [2.75, 3.05) is 24.5 Å². The molecule has 1 aromatic rings. The lowest BCUT2D eigenvalue weighted by atomic mass is 9.91. The molecule has 2 N–H and O–H groups in total. The highest BCUT2D eigenvalue weighted by Crippen LogP contribution is 2.31. The van der Waals surface area contributed by atoms with Crippen LogP contribution in [0, 0.1) is 17.7 Å². The molecular weight excluding hydrogens is 227 g/mol. The van der Waals surface area contributed by atoms with Gasteiger partial charge in [-0.1, -0.05) is 26.0 Å².